The molecule has 0 atom stereocenters. The minimum absolute atomic E-state index is 0.621. The summed E-state index contributed by atoms with van der Waals surface area (Å²) in [6.45, 7) is 8.30. The smallest absolute Gasteiger partial charge is 0.0381 e. The van der Waals surface area contributed by atoms with Crippen molar-refractivity contribution >= 4 is 11.4 Å². The average Bonchev–Trinajstić information content (AvgIpc) is 2.41. The summed E-state index contributed by atoms with van der Waals surface area (Å²) in [6.07, 6.45) is 2.50. The molecule has 0 radical (unpaired) electrons. The fraction of sp³-hybridized carbons (Fsp3) is 0.647. The quantitative estimate of drug-likeness (QED) is 0.889. The molecule has 0 spiro atoms. The number of piperidine rings is 1. The fourth-order valence-electron chi connectivity index (χ4n) is 2.89. The van der Waals surface area contributed by atoms with E-state index in [1.807, 2.05) is 0 Å². The Morgan fingerprint density at radius 3 is 2.55 bits per heavy atom. The first-order valence-corrected chi connectivity index (χ1v) is 7.81. The highest BCUT2D eigenvalue weighted by molar-refractivity contribution is 5.57. The third-order valence-electron chi connectivity index (χ3n) is 3.94. The molecule has 1 aliphatic rings. The zero-order valence-electron chi connectivity index (χ0n) is 13.4. The third-order valence-corrected chi connectivity index (χ3v) is 3.94. The Labute approximate surface area is 124 Å². The number of benzene rings is 1. The Morgan fingerprint density at radius 2 is 1.95 bits per heavy atom. The second-order valence-electron chi connectivity index (χ2n) is 6.56. The van der Waals surface area contributed by atoms with Crippen LogP contribution in [0.2, 0.25) is 0 Å². The molecule has 0 saturated carbocycles. The van der Waals surface area contributed by atoms with Gasteiger partial charge in [-0.25, -0.2) is 0 Å². The molecule has 112 valence electrons. The van der Waals surface area contributed by atoms with Crippen molar-refractivity contribution in [2.24, 2.45) is 5.92 Å². The van der Waals surface area contributed by atoms with Gasteiger partial charge in [0.2, 0.25) is 0 Å². The maximum Gasteiger partial charge on any atom is 0.0381 e. The molecular formula is C17H29N3. The van der Waals surface area contributed by atoms with Crippen LogP contribution in [-0.2, 0) is 0 Å². The lowest BCUT2D eigenvalue weighted by atomic mass is 10.0. The molecule has 0 aliphatic carbocycles. The molecule has 1 aliphatic heterocycles. The van der Waals surface area contributed by atoms with Gasteiger partial charge in [-0.3, -0.25) is 0 Å². The van der Waals surface area contributed by atoms with Gasteiger partial charge >= 0.3 is 0 Å². The van der Waals surface area contributed by atoms with Crippen molar-refractivity contribution in [1.82, 2.24) is 4.90 Å². The first-order chi connectivity index (χ1) is 9.54. The largest absolute Gasteiger partial charge is 0.382 e. The third kappa shape index (κ3) is 4.41. The molecule has 2 rings (SSSR count). The van der Waals surface area contributed by atoms with Gasteiger partial charge in [-0.2, -0.15) is 0 Å². The van der Waals surface area contributed by atoms with Crippen molar-refractivity contribution in [3.63, 3.8) is 0 Å². The van der Waals surface area contributed by atoms with E-state index >= 15 is 0 Å². The highest BCUT2D eigenvalue weighted by atomic mass is 15.1. The molecule has 3 heteroatoms. The summed E-state index contributed by atoms with van der Waals surface area (Å²) >= 11 is 0. The summed E-state index contributed by atoms with van der Waals surface area (Å²) in [5.41, 5.74) is 2.51. The van der Waals surface area contributed by atoms with E-state index in [0.717, 1.165) is 5.92 Å². The Hall–Kier alpha value is -1.22. The van der Waals surface area contributed by atoms with Gasteiger partial charge < -0.3 is 15.1 Å². The summed E-state index contributed by atoms with van der Waals surface area (Å²) in [5.74, 6) is 0.774. The molecule has 1 aromatic rings. The minimum atomic E-state index is 0.621. The molecule has 0 unspecified atom stereocenters. The number of anilines is 2. The molecule has 1 aromatic carbocycles. The van der Waals surface area contributed by atoms with E-state index < -0.39 is 0 Å². The second kappa shape index (κ2) is 6.98. The average molecular weight is 275 g/mol. The number of nitrogens with zero attached hydrogens (tertiary/aromatic N) is 2. The normalized spacial score (nSPS) is 17.4. The number of nitrogens with one attached hydrogen (secondary N) is 1. The summed E-state index contributed by atoms with van der Waals surface area (Å²) < 4.78 is 0. The zero-order chi connectivity index (χ0) is 14.5. The monoisotopic (exact) mass is 275 g/mol. The van der Waals surface area contributed by atoms with Crippen molar-refractivity contribution in [1.29, 1.82) is 0 Å². The van der Waals surface area contributed by atoms with Crippen LogP contribution in [0.25, 0.3) is 0 Å². The first kappa shape index (κ1) is 15.2. The van der Waals surface area contributed by atoms with Gasteiger partial charge in [0.15, 0.2) is 0 Å². The minimum Gasteiger partial charge on any atom is -0.382 e. The lowest BCUT2D eigenvalue weighted by Crippen LogP contribution is -2.40. The molecule has 3 nitrogen and oxygen atoms in total. The van der Waals surface area contributed by atoms with Crippen LogP contribution in [0.4, 0.5) is 11.4 Å². The molecule has 0 aromatic heterocycles. The van der Waals surface area contributed by atoms with Gasteiger partial charge in [-0.1, -0.05) is 19.9 Å². The Balaban J connectivity index is 1.85. The van der Waals surface area contributed by atoms with Gasteiger partial charge in [-0.15, -0.1) is 0 Å². The van der Waals surface area contributed by atoms with E-state index in [0.29, 0.717) is 6.04 Å². The van der Waals surface area contributed by atoms with Gasteiger partial charge in [0.1, 0.15) is 0 Å². The van der Waals surface area contributed by atoms with Crippen LogP contribution in [0, 0.1) is 5.92 Å². The zero-order valence-corrected chi connectivity index (χ0v) is 13.4. The van der Waals surface area contributed by atoms with Crippen molar-refractivity contribution in [3.05, 3.63) is 24.3 Å². The number of rotatable bonds is 5. The molecule has 1 saturated heterocycles. The first-order valence-electron chi connectivity index (χ1n) is 7.81. The standard InChI is InChI=1S/C17H29N3/c1-14(2)13-20-10-8-15(9-11-20)18-16-6-5-7-17(12-16)19(3)4/h5-7,12,14-15,18H,8-11,13H2,1-4H3. The molecular weight excluding hydrogens is 246 g/mol. The summed E-state index contributed by atoms with van der Waals surface area (Å²) in [6, 6.07) is 9.31. The van der Waals surface area contributed by atoms with Crippen molar-refractivity contribution in [3.8, 4) is 0 Å². The molecule has 0 amide bonds. The van der Waals surface area contributed by atoms with E-state index in [-0.39, 0.29) is 0 Å². The van der Waals surface area contributed by atoms with Crippen molar-refractivity contribution in [2.75, 3.05) is 43.9 Å². The Morgan fingerprint density at radius 1 is 1.25 bits per heavy atom. The highest BCUT2D eigenvalue weighted by Gasteiger charge is 2.19. The lowest BCUT2D eigenvalue weighted by Gasteiger charge is -2.33. The van der Waals surface area contributed by atoms with E-state index in [9.17, 15) is 0 Å². The summed E-state index contributed by atoms with van der Waals surface area (Å²) in [5, 5.41) is 3.70. The molecule has 1 N–H and O–H groups in total. The number of hydrogen-bond donors (Lipinski definition) is 1. The van der Waals surface area contributed by atoms with Gasteiger partial charge in [0, 0.05) is 51.1 Å². The van der Waals surface area contributed by atoms with E-state index in [1.165, 1.54) is 43.9 Å². The number of hydrogen-bond acceptors (Lipinski definition) is 3. The molecule has 1 fully saturated rings. The van der Waals surface area contributed by atoms with E-state index in [1.54, 1.807) is 0 Å². The molecule has 1 heterocycles. The Bertz CT molecular complexity index is 406. The summed E-state index contributed by atoms with van der Waals surface area (Å²) in [4.78, 5) is 4.75. The van der Waals surface area contributed by atoms with Crippen LogP contribution in [0.15, 0.2) is 24.3 Å². The van der Waals surface area contributed by atoms with E-state index in [2.05, 4.69) is 67.3 Å². The van der Waals surface area contributed by atoms with Crippen LogP contribution in [0.5, 0.6) is 0 Å². The molecule has 0 bridgehead atoms. The topological polar surface area (TPSA) is 18.5 Å². The summed E-state index contributed by atoms with van der Waals surface area (Å²) in [7, 11) is 4.17. The number of likely N-dealkylation sites (tertiary alicyclic amines) is 1. The van der Waals surface area contributed by atoms with Gasteiger partial charge in [-0.05, 0) is 37.0 Å². The lowest BCUT2D eigenvalue weighted by molar-refractivity contribution is 0.198. The maximum atomic E-state index is 3.70. The van der Waals surface area contributed by atoms with Crippen molar-refractivity contribution < 1.29 is 0 Å². The van der Waals surface area contributed by atoms with Gasteiger partial charge in [0.25, 0.3) is 0 Å². The highest BCUT2D eigenvalue weighted by Crippen LogP contribution is 2.21. The predicted molar refractivity (Wildman–Crippen MR) is 88.7 cm³/mol. The van der Waals surface area contributed by atoms with Crippen LogP contribution in [0.1, 0.15) is 26.7 Å². The van der Waals surface area contributed by atoms with Crippen LogP contribution >= 0.6 is 0 Å². The van der Waals surface area contributed by atoms with Crippen LogP contribution < -0.4 is 10.2 Å². The van der Waals surface area contributed by atoms with Crippen LogP contribution in [0.3, 0.4) is 0 Å². The maximum absolute atomic E-state index is 3.70. The van der Waals surface area contributed by atoms with Crippen molar-refractivity contribution in [2.45, 2.75) is 32.7 Å². The Kier molecular flexibility index (Phi) is 5.30. The fourth-order valence-corrected chi connectivity index (χ4v) is 2.89. The second-order valence-corrected chi connectivity index (χ2v) is 6.56. The van der Waals surface area contributed by atoms with Gasteiger partial charge in [0.05, 0.1) is 0 Å². The van der Waals surface area contributed by atoms with E-state index in [4.69, 9.17) is 0 Å². The SMILES string of the molecule is CC(C)CN1CCC(Nc2cccc(N(C)C)c2)CC1. The predicted octanol–water partition coefficient (Wildman–Crippen LogP) is 3.28. The molecule has 20 heavy (non-hydrogen) atoms. The van der Waals surface area contributed by atoms with Crippen LogP contribution in [-0.4, -0.2) is 44.7 Å².